The molecule has 0 aliphatic carbocycles. The van der Waals surface area contributed by atoms with Crippen LogP contribution in [0.15, 0.2) is 29.4 Å². The van der Waals surface area contributed by atoms with E-state index in [9.17, 15) is 0 Å². The van der Waals surface area contributed by atoms with Crippen molar-refractivity contribution in [1.29, 1.82) is 0 Å². The third-order valence-electron chi connectivity index (χ3n) is 2.67. The van der Waals surface area contributed by atoms with E-state index in [1.54, 1.807) is 6.92 Å². The Morgan fingerprint density at radius 1 is 1.56 bits per heavy atom. The van der Waals surface area contributed by atoms with Crippen molar-refractivity contribution in [2.75, 3.05) is 18.5 Å². The van der Waals surface area contributed by atoms with Gasteiger partial charge in [-0.2, -0.15) is 0 Å². The zero-order chi connectivity index (χ0) is 13.4. The molecule has 0 radical (unpaired) electrons. The van der Waals surface area contributed by atoms with Gasteiger partial charge in [0.15, 0.2) is 5.84 Å². The highest BCUT2D eigenvalue weighted by Crippen LogP contribution is 2.10. The van der Waals surface area contributed by atoms with E-state index in [2.05, 4.69) is 29.5 Å². The number of nitrogens with one attached hydrogen (secondary N) is 1. The number of aryl methyl sites for hydroxylation is 1. The van der Waals surface area contributed by atoms with Gasteiger partial charge in [0.2, 0.25) is 0 Å². The first kappa shape index (κ1) is 14.3. The minimum absolute atomic E-state index is 0.0861. The Labute approximate surface area is 108 Å². The lowest BCUT2D eigenvalue weighted by Crippen LogP contribution is -2.30. The van der Waals surface area contributed by atoms with Gasteiger partial charge < -0.3 is 21.0 Å². The summed E-state index contributed by atoms with van der Waals surface area (Å²) >= 11 is 0. The van der Waals surface area contributed by atoms with Gasteiger partial charge in [-0.1, -0.05) is 24.2 Å². The summed E-state index contributed by atoms with van der Waals surface area (Å²) in [5.41, 5.74) is 7.78. The SMILES string of the molecule is CCc1cccc(NCCOC(C)/C(N)=N/O)c1. The van der Waals surface area contributed by atoms with E-state index >= 15 is 0 Å². The Balaban J connectivity index is 2.29. The predicted molar refractivity (Wildman–Crippen MR) is 73.1 cm³/mol. The van der Waals surface area contributed by atoms with Crippen LogP contribution in [-0.4, -0.2) is 30.3 Å². The average molecular weight is 251 g/mol. The Hall–Kier alpha value is -1.75. The van der Waals surface area contributed by atoms with Crippen LogP contribution < -0.4 is 11.1 Å². The van der Waals surface area contributed by atoms with Gasteiger partial charge >= 0.3 is 0 Å². The van der Waals surface area contributed by atoms with Gasteiger partial charge in [0, 0.05) is 12.2 Å². The van der Waals surface area contributed by atoms with Crippen LogP contribution in [0.5, 0.6) is 0 Å². The fourth-order valence-electron chi connectivity index (χ4n) is 1.50. The van der Waals surface area contributed by atoms with E-state index in [-0.39, 0.29) is 11.9 Å². The Bertz CT molecular complexity index is 394. The highest BCUT2D eigenvalue weighted by atomic mass is 16.5. The molecule has 100 valence electrons. The summed E-state index contributed by atoms with van der Waals surface area (Å²) in [4.78, 5) is 0. The van der Waals surface area contributed by atoms with E-state index in [4.69, 9.17) is 15.7 Å². The molecule has 0 aromatic heterocycles. The van der Waals surface area contributed by atoms with Gasteiger partial charge in [-0.3, -0.25) is 0 Å². The van der Waals surface area contributed by atoms with Crippen molar-refractivity contribution in [3.05, 3.63) is 29.8 Å². The van der Waals surface area contributed by atoms with Crippen molar-refractivity contribution in [1.82, 2.24) is 0 Å². The molecule has 0 heterocycles. The van der Waals surface area contributed by atoms with Crippen LogP contribution in [0.4, 0.5) is 5.69 Å². The molecule has 0 saturated carbocycles. The summed E-state index contributed by atoms with van der Waals surface area (Å²) in [6, 6.07) is 8.27. The van der Waals surface area contributed by atoms with Crippen molar-refractivity contribution in [3.8, 4) is 0 Å². The molecule has 0 aliphatic rings. The van der Waals surface area contributed by atoms with E-state index in [1.165, 1.54) is 5.56 Å². The first-order valence-electron chi connectivity index (χ1n) is 6.09. The van der Waals surface area contributed by atoms with E-state index < -0.39 is 0 Å². The second kappa shape index (κ2) is 7.55. The van der Waals surface area contributed by atoms with Gasteiger partial charge in [0.1, 0.15) is 6.10 Å². The zero-order valence-electron chi connectivity index (χ0n) is 10.9. The lowest BCUT2D eigenvalue weighted by atomic mass is 10.1. The van der Waals surface area contributed by atoms with Crippen molar-refractivity contribution >= 4 is 11.5 Å². The smallest absolute Gasteiger partial charge is 0.168 e. The summed E-state index contributed by atoms with van der Waals surface area (Å²) in [6.45, 7) is 5.04. The molecule has 4 N–H and O–H groups in total. The molecule has 1 aromatic rings. The van der Waals surface area contributed by atoms with E-state index in [0.717, 1.165) is 12.1 Å². The summed E-state index contributed by atoms with van der Waals surface area (Å²) in [6.07, 6.45) is 0.644. The van der Waals surface area contributed by atoms with Crippen molar-refractivity contribution in [3.63, 3.8) is 0 Å². The third-order valence-corrected chi connectivity index (χ3v) is 2.67. The van der Waals surface area contributed by atoms with Crippen molar-refractivity contribution < 1.29 is 9.94 Å². The molecule has 18 heavy (non-hydrogen) atoms. The lowest BCUT2D eigenvalue weighted by Gasteiger charge is -2.12. The normalized spacial score (nSPS) is 13.3. The number of rotatable bonds is 7. The number of benzene rings is 1. The highest BCUT2D eigenvalue weighted by molar-refractivity contribution is 5.83. The quantitative estimate of drug-likeness (QED) is 0.227. The Morgan fingerprint density at radius 3 is 3.00 bits per heavy atom. The highest BCUT2D eigenvalue weighted by Gasteiger charge is 2.06. The molecule has 0 saturated heterocycles. The Morgan fingerprint density at radius 2 is 2.33 bits per heavy atom. The maximum atomic E-state index is 8.46. The van der Waals surface area contributed by atoms with Crippen LogP contribution in [-0.2, 0) is 11.2 Å². The minimum atomic E-state index is -0.376. The molecular weight excluding hydrogens is 230 g/mol. The minimum Gasteiger partial charge on any atom is -0.409 e. The van der Waals surface area contributed by atoms with Crippen LogP contribution in [0.3, 0.4) is 0 Å². The second-order valence-corrected chi connectivity index (χ2v) is 4.02. The molecule has 1 aromatic carbocycles. The van der Waals surface area contributed by atoms with Gasteiger partial charge in [-0.15, -0.1) is 0 Å². The second-order valence-electron chi connectivity index (χ2n) is 4.02. The topological polar surface area (TPSA) is 79.9 Å². The van der Waals surface area contributed by atoms with E-state index in [0.29, 0.717) is 13.2 Å². The number of nitrogens with two attached hydrogens (primary N) is 1. The van der Waals surface area contributed by atoms with Crippen molar-refractivity contribution in [2.24, 2.45) is 10.9 Å². The van der Waals surface area contributed by atoms with Crippen molar-refractivity contribution in [2.45, 2.75) is 26.4 Å². The molecule has 0 spiro atoms. The molecule has 0 aliphatic heterocycles. The number of oxime groups is 1. The third kappa shape index (κ3) is 4.63. The monoisotopic (exact) mass is 251 g/mol. The molecule has 1 unspecified atom stereocenters. The maximum absolute atomic E-state index is 8.46. The number of anilines is 1. The standard InChI is InChI=1S/C13H21N3O2/c1-3-11-5-4-6-12(9-11)15-7-8-18-10(2)13(14)16-17/h4-6,9-10,15,17H,3,7-8H2,1-2H3,(H2,14,16). The maximum Gasteiger partial charge on any atom is 0.168 e. The number of hydrogen-bond acceptors (Lipinski definition) is 4. The molecule has 0 fully saturated rings. The number of ether oxygens (including phenoxy) is 1. The predicted octanol–water partition coefficient (Wildman–Crippen LogP) is 1.81. The van der Waals surface area contributed by atoms with Crippen LogP contribution in [0.25, 0.3) is 0 Å². The number of amidine groups is 1. The van der Waals surface area contributed by atoms with E-state index in [1.807, 2.05) is 12.1 Å². The van der Waals surface area contributed by atoms with Gasteiger partial charge in [-0.25, -0.2) is 0 Å². The molecule has 0 amide bonds. The van der Waals surface area contributed by atoms with Gasteiger partial charge in [0.05, 0.1) is 6.61 Å². The molecule has 5 nitrogen and oxygen atoms in total. The van der Waals surface area contributed by atoms with Crippen LogP contribution in [0, 0.1) is 0 Å². The molecule has 0 bridgehead atoms. The fraction of sp³-hybridized carbons (Fsp3) is 0.462. The molecular formula is C13H21N3O2. The lowest BCUT2D eigenvalue weighted by molar-refractivity contribution is 0.115. The number of hydrogen-bond donors (Lipinski definition) is 3. The molecule has 5 heteroatoms. The first-order chi connectivity index (χ1) is 8.67. The average Bonchev–Trinajstić information content (AvgIpc) is 2.42. The largest absolute Gasteiger partial charge is 0.409 e. The van der Waals surface area contributed by atoms with Crippen LogP contribution in [0.2, 0.25) is 0 Å². The van der Waals surface area contributed by atoms with Gasteiger partial charge in [0.25, 0.3) is 0 Å². The summed E-state index contributed by atoms with van der Waals surface area (Å²) in [7, 11) is 0. The Kier molecular flexibility index (Phi) is 6.00. The molecule has 1 atom stereocenters. The summed E-state index contributed by atoms with van der Waals surface area (Å²) in [5.74, 6) is 0.0861. The van der Waals surface area contributed by atoms with Crippen LogP contribution >= 0.6 is 0 Å². The first-order valence-corrected chi connectivity index (χ1v) is 6.09. The number of nitrogens with zero attached hydrogens (tertiary/aromatic N) is 1. The van der Waals surface area contributed by atoms with Crippen LogP contribution in [0.1, 0.15) is 19.4 Å². The molecule has 1 rings (SSSR count). The van der Waals surface area contributed by atoms with Gasteiger partial charge in [-0.05, 0) is 31.0 Å². The zero-order valence-corrected chi connectivity index (χ0v) is 10.9. The summed E-state index contributed by atoms with van der Waals surface area (Å²) < 4.78 is 5.39. The fourth-order valence-corrected chi connectivity index (χ4v) is 1.50. The summed E-state index contributed by atoms with van der Waals surface area (Å²) in [5, 5.41) is 14.6.